The number of hydrogen-bond acceptors (Lipinski definition) is 3. The summed E-state index contributed by atoms with van der Waals surface area (Å²) in [5, 5.41) is 0.526. The number of ether oxygens (including phenoxy) is 2. The van der Waals surface area contributed by atoms with Crippen molar-refractivity contribution in [1.82, 2.24) is 0 Å². The van der Waals surface area contributed by atoms with E-state index in [1.807, 2.05) is 12.1 Å². The van der Waals surface area contributed by atoms with Crippen LogP contribution in [0.15, 0.2) is 36.4 Å². The van der Waals surface area contributed by atoms with Gasteiger partial charge in [-0.15, -0.1) is 0 Å². The fourth-order valence-corrected chi connectivity index (χ4v) is 2.08. The molecule has 2 aromatic carbocycles. The first-order chi connectivity index (χ1) is 9.19. The van der Waals surface area contributed by atoms with Gasteiger partial charge in [0, 0.05) is 22.2 Å². The van der Waals surface area contributed by atoms with E-state index >= 15 is 0 Å². The number of aldehydes is 1. The molecule has 0 aliphatic heterocycles. The van der Waals surface area contributed by atoms with Crippen LogP contribution in [0.2, 0.25) is 5.02 Å². The molecule has 0 amide bonds. The van der Waals surface area contributed by atoms with Crippen molar-refractivity contribution in [3.05, 3.63) is 47.0 Å². The highest BCUT2D eigenvalue weighted by atomic mass is 35.5. The predicted molar refractivity (Wildman–Crippen MR) is 75.4 cm³/mol. The Morgan fingerprint density at radius 1 is 1.00 bits per heavy atom. The van der Waals surface area contributed by atoms with Gasteiger partial charge in [-0.05, 0) is 29.8 Å². The van der Waals surface area contributed by atoms with E-state index in [9.17, 15) is 4.79 Å². The molecular weight excluding hydrogens is 264 g/mol. The maximum absolute atomic E-state index is 11.2. The largest absolute Gasteiger partial charge is 0.497 e. The van der Waals surface area contributed by atoms with Gasteiger partial charge in [0.1, 0.15) is 11.5 Å². The summed E-state index contributed by atoms with van der Waals surface area (Å²) in [4.78, 5) is 11.2. The van der Waals surface area contributed by atoms with E-state index in [1.54, 1.807) is 38.5 Å². The van der Waals surface area contributed by atoms with E-state index in [1.165, 1.54) is 0 Å². The first-order valence-electron chi connectivity index (χ1n) is 5.66. The second-order valence-electron chi connectivity index (χ2n) is 3.92. The van der Waals surface area contributed by atoms with E-state index in [-0.39, 0.29) is 0 Å². The maximum Gasteiger partial charge on any atom is 0.150 e. The van der Waals surface area contributed by atoms with E-state index < -0.39 is 0 Å². The molecule has 0 aliphatic rings. The Kier molecular flexibility index (Phi) is 4.07. The number of methoxy groups -OCH3 is 2. The molecule has 0 saturated carbocycles. The van der Waals surface area contributed by atoms with Gasteiger partial charge in [-0.3, -0.25) is 4.79 Å². The fraction of sp³-hybridized carbons (Fsp3) is 0.133. The van der Waals surface area contributed by atoms with Crippen molar-refractivity contribution in [2.45, 2.75) is 0 Å². The van der Waals surface area contributed by atoms with Crippen LogP contribution in [0, 0.1) is 0 Å². The molecule has 0 bridgehead atoms. The first-order valence-corrected chi connectivity index (χ1v) is 6.04. The van der Waals surface area contributed by atoms with E-state index in [0.717, 1.165) is 17.4 Å². The molecule has 0 aromatic heterocycles. The lowest BCUT2D eigenvalue weighted by molar-refractivity contribution is 0.112. The average Bonchev–Trinajstić information content (AvgIpc) is 2.46. The minimum atomic E-state index is 0.524. The van der Waals surface area contributed by atoms with Crippen LogP contribution in [0.25, 0.3) is 11.1 Å². The Labute approximate surface area is 116 Å². The van der Waals surface area contributed by atoms with E-state index in [2.05, 4.69) is 0 Å². The zero-order valence-corrected chi connectivity index (χ0v) is 11.4. The van der Waals surface area contributed by atoms with Crippen LogP contribution in [0.1, 0.15) is 10.4 Å². The molecule has 0 fully saturated rings. The van der Waals surface area contributed by atoms with Gasteiger partial charge in [-0.25, -0.2) is 0 Å². The Morgan fingerprint density at radius 2 is 1.74 bits per heavy atom. The van der Waals surface area contributed by atoms with Gasteiger partial charge in [0.05, 0.1) is 14.2 Å². The second kappa shape index (κ2) is 5.76. The minimum absolute atomic E-state index is 0.524. The summed E-state index contributed by atoms with van der Waals surface area (Å²) < 4.78 is 10.5. The van der Waals surface area contributed by atoms with Gasteiger partial charge >= 0.3 is 0 Å². The quantitative estimate of drug-likeness (QED) is 0.796. The summed E-state index contributed by atoms with van der Waals surface area (Å²) in [6.45, 7) is 0. The average molecular weight is 277 g/mol. The highest BCUT2D eigenvalue weighted by Crippen LogP contribution is 2.35. The second-order valence-corrected chi connectivity index (χ2v) is 4.35. The summed E-state index contributed by atoms with van der Waals surface area (Å²) in [6, 6.07) is 10.6. The number of benzene rings is 2. The molecular formula is C15H13ClO3. The van der Waals surface area contributed by atoms with Gasteiger partial charge in [-0.1, -0.05) is 17.7 Å². The standard InChI is InChI=1S/C15H13ClO3/c1-18-12-4-6-14(15(8-12)19-2)13-5-3-11(16)7-10(13)9-17/h3-9H,1-2H3. The number of hydrogen-bond donors (Lipinski definition) is 0. The topological polar surface area (TPSA) is 35.5 Å². The highest BCUT2D eigenvalue weighted by molar-refractivity contribution is 6.31. The van der Waals surface area contributed by atoms with Crippen LogP contribution in [-0.2, 0) is 0 Å². The van der Waals surface area contributed by atoms with Crippen molar-refractivity contribution in [3.8, 4) is 22.6 Å². The van der Waals surface area contributed by atoms with Crippen molar-refractivity contribution in [1.29, 1.82) is 0 Å². The summed E-state index contributed by atoms with van der Waals surface area (Å²) >= 11 is 5.89. The fourth-order valence-electron chi connectivity index (χ4n) is 1.90. The minimum Gasteiger partial charge on any atom is -0.497 e. The van der Waals surface area contributed by atoms with Crippen LogP contribution in [0.5, 0.6) is 11.5 Å². The monoisotopic (exact) mass is 276 g/mol. The van der Waals surface area contributed by atoms with Gasteiger partial charge in [-0.2, -0.15) is 0 Å². The molecule has 0 atom stereocenters. The number of carbonyl (C=O) groups is 1. The molecule has 0 N–H and O–H groups in total. The lowest BCUT2D eigenvalue weighted by Gasteiger charge is -2.12. The molecule has 0 saturated heterocycles. The molecule has 4 heteroatoms. The van der Waals surface area contributed by atoms with Gasteiger partial charge in [0.25, 0.3) is 0 Å². The molecule has 3 nitrogen and oxygen atoms in total. The molecule has 0 radical (unpaired) electrons. The van der Waals surface area contributed by atoms with Crippen LogP contribution < -0.4 is 9.47 Å². The predicted octanol–water partition coefficient (Wildman–Crippen LogP) is 3.84. The van der Waals surface area contributed by atoms with Gasteiger partial charge in [0.2, 0.25) is 0 Å². The van der Waals surface area contributed by atoms with Crippen LogP contribution in [0.4, 0.5) is 0 Å². The Morgan fingerprint density at radius 3 is 2.37 bits per heavy atom. The van der Waals surface area contributed by atoms with Gasteiger partial charge in [0.15, 0.2) is 6.29 Å². The molecule has 2 aromatic rings. The molecule has 0 aliphatic carbocycles. The van der Waals surface area contributed by atoms with E-state index in [0.29, 0.717) is 22.1 Å². The van der Waals surface area contributed by atoms with Crippen LogP contribution in [0.3, 0.4) is 0 Å². The van der Waals surface area contributed by atoms with Crippen molar-refractivity contribution in [2.75, 3.05) is 14.2 Å². The number of carbonyl (C=O) groups excluding carboxylic acids is 1. The SMILES string of the molecule is COc1ccc(-c2ccc(Cl)cc2C=O)c(OC)c1. The number of halogens is 1. The third-order valence-corrected chi connectivity index (χ3v) is 3.07. The summed E-state index contributed by atoms with van der Waals surface area (Å²) in [6.07, 6.45) is 0.783. The lowest BCUT2D eigenvalue weighted by atomic mass is 9.99. The smallest absolute Gasteiger partial charge is 0.150 e. The zero-order valence-electron chi connectivity index (χ0n) is 10.6. The van der Waals surface area contributed by atoms with Crippen molar-refractivity contribution < 1.29 is 14.3 Å². The summed E-state index contributed by atoms with van der Waals surface area (Å²) in [5.74, 6) is 1.34. The van der Waals surface area contributed by atoms with Crippen molar-refractivity contribution >= 4 is 17.9 Å². The van der Waals surface area contributed by atoms with Crippen molar-refractivity contribution in [2.24, 2.45) is 0 Å². The Balaban J connectivity index is 2.61. The number of rotatable bonds is 4. The van der Waals surface area contributed by atoms with Gasteiger partial charge < -0.3 is 9.47 Å². The summed E-state index contributed by atoms with van der Waals surface area (Å²) in [7, 11) is 3.17. The molecule has 2 rings (SSSR count). The third kappa shape index (κ3) is 2.71. The Bertz CT molecular complexity index is 608. The Hall–Kier alpha value is -2.00. The maximum atomic E-state index is 11.2. The summed E-state index contributed by atoms with van der Waals surface area (Å²) in [5.41, 5.74) is 2.12. The normalized spacial score (nSPS) is 10.1. The lowest BCUT2D eigenvalue weighted by Crippen LogP contribution is -1.93. The van der Waals surface area contributed by atoms with Crippen molar-refractivity contribution in [3.63, 3.8) is 0 Å². The first kappa shape index (κ1) is 13.4. The molecule has 19 heavy (non-hydrogen) atoms. The van der Waals surface area contributed by atoms with E-state index in [4.69, 9.17) is 21.1 Å². The molecule has 0 spiro atoms. The van der Waals surface area contributed by atoms with Crippen LogP contribution in [-0.4, -0.2) is 20.5 Å². The van der Waals surface area contributed by atoms with Crippen LogP contribution >= 0.6 is 11.6 Å². The highest BCUT2D eigenvalue weighted by Gasteiger charge is 2.11. The zero-order chi connectivity index (χ0) is 13.8. The molecule has 0 heterocycles. The molecule has 98 valence electrons. The third-order valence-electron chi connectivity index (χ3n) is 2.84. The molecule has 0 unspecified atom stereocenters.